The van der Waals surface area contributed by atoms with E-state index in [1.807, 2.05) is 6.07 Å². The summed E-state index contributed by atoms with van der Waals surface area (Å²) in [4.78, 5) is 59.0. The topological polar surface area (TPSA) is 160 Å². The van der Waals surface area contributed by atoms with Gasteiger partial charge in [0, 0.05) is 12.4 Å². The molecule has 1 N–H and O–H groups in total. The van der Waals surface area contributed by atoms with Crippen molar-refractivity contribution in [1.29, 1.82) is 0 Å². The molecule has 3 aromatic carbocycles. The fourth-order valence-electron chi connectivity index (χ4n) is 5.66. The van der Waals surface area contributed by atoms with Gasteiger partial charge >= 0.3 is 17.9 Å². The number of aromatic nitrogens is 6. The van der Waals surface area contributed by atoms with Crippen molar-refractivity contribution in [2.75, 3.05) is 0 Å². The summed E-state index contributed by atoms with van der Waals surface area (Å²) in [6.07, 6.45) is 0.872. The minimum atomic E-state index is -1.46. The van der Waals surface area contributed by atoms with Crippen molar-refractivity contribution in [2.45, 2.75) is 31.6 Å². The summed E-state index contributed by atoms with van der Waals surface area (Å²) in [5.74, 6) is -2.13. The molecule has 4 aromatic heterocycles. The standard InChI is InChI=1S/C32H24ClN3O7.C6H4ClN3/c1-19-10-8-9-15-22(19)31(39)43-32-25(41-30(38)21-13-6-3-7-14-21)24(40-29(37)20-11-4-2-5-12-20)28(42-32)36-17-16-23-26(33)34-18-35-27(23)36;7-5-4-1-2-8-6(4)10-3-9-5/h2-18,24-25,28,32H,1H3;1-3H,(H,8,9,10)/t24-,25-,28-,32-;/m1./s1. The van der Waals surface area contributed by atoms with Crippen LogP contribution in [0, 0.1) is 6.92 Å². The van der Waals surface area contributed by atoms with E-state index < -0.39 is 42.6 Å². The highest BCUT2D eigenvalue weighted by Gasteiger charge is 2.53. The predicted octanol–water partition coefficient (Wildman–Crippen LogP) is 7.17. The first-order chi connectivity index (χ1) is 25.8. The van der Waals surface area contributed by atoms with Crippen LogP contribution >= 0.6 is 23.2 Å². The summed E-state index contributed by atoms with van der Waals surface area (Å²) >= 11 is 12.0. The number of hydrogen-bond donors (Lipinski definition) is 1. The molecule has 0 saturated carbocycles. The van der Waals surface area contributed by atoms with Crippen LogP contribution in [0.1, 0.15) is 42.9 Å². The number of aryl methyl sites for hydroxylation is 1. The Kier molecular flexibility index (Phi) is 10.4. The van der Waals surface area contributed by atoms with Crippen molar-refractivity contribution in [2.24, 2.45) is 0 Å². The first-order valence-electron chi connectivity index (χ1n) is 16.1. The minimum Gasteiger partial charge on any atom is -0.450 e. The molecule has 1 aliphatic rings. The van der Waals surface area contributed by atoms with Gasteiger partial charge in [-0.3, -0.25) is 0 Å². The SMILES string of the molecule is Cc1ccccc1C(=O)O[C@H]1O[C@@H](n2ccc3c(Cl)ncnc32)[C@H](OC(=O)c2ccccc2)[C@H]1OC(=O)c1ccccc1.Clc1ncnc2[nH]ccc12. The Morgan fingerprint density at radius 2 is 1.28 bits per heavy atom. The van der Waals surface area contributed by atoms with E-state index in [1.54, 1.807) is 115 Å². The van der Waals surface area contributed by atoms with Gasteiger partial charge in [-0.05, 0) is 55.0 Å². The molecule has 266 valence electrons. The third kappa shape index (κ3) is 7.58. The van der Waals surface area contributed by atoms with Crippen LogP contribution in [0.25, 0.3) is 22.1 Å². The summed E-state index contributed by atoms with van der Waals surface area (Å²) in [5.41, 5.74) is 2.62. The molecule has 0 amide bonds. The maximum absolute atomic E-state index is 13.3. The lowest BCUT2D eigenvalue weighted by molar-refractivity contribution is -0.147. The predicted molar refractivity (Wildman–Crippen MR) is 193 cm³/mol. The van der Waals surface area contributed by atoms with E-state index in [0.717, 1.165) is 11.0 Å². The number of nitrogens with one attached hydrogen (secondary N) is 1. The van der Waals surface area contributed by atoms with Crippen LogP contribution < -0.4 is 0 Å². The number of carbonyl (C=O) groups excluding carboxylic acids is 3. The largest absolute Gasteiger partial charge is 0.450 e. The normalized spacial score (nSPS) is 17.9. The Morgan fingerprint density at radius 3 is 1.94 bits per heavy atom. The molecule has 0 unspecified atom stereocenters. The number of nitrogens with zero attached hydrogens (tertiary/aromatic N) is 5. The van der Waals surface area contributed by atoms with Crippen molar-refractivity contribution in [3.05, 3.63) is 155 Å². The van der Waals surface area contributed by atoms with Gasteiger partial charge in [-0.15, -0.1) is 0 Å². The van der Waals surface area contributed by atoms with Gasteiger partial charge in [0.2, 0.25) is 12.4 Å². The van der Waals surface area contributed by atoms with Crippen LogP contribution in [-0.4, -0.2) is 65.9 Å². The van der Waals surface area contributed by atoms with E-state index in [2.05, 4.69) is 24.9 Å². The molecule has 1 saturated heterocycles. The lowest BCUT2D eigenvalue weighted by Crippen LogP contribution is -2.41. The molecule has 0 radical (unpaired) electrons. The van der Waals surface area contributed by atoms with Gasteiger partial charge in [-0.1, -0.05) is 77.8 Å². The van der Waals surface area contributed by atoms with E-state index in [1.165, 1.54) is 12.7 Å². The van der Waals surface area contributed by atoms with E-state index >= 15 is 0 Å². The maximum Gasteiger partial charge on any atom is 0.340 e. The molecule has 5 heterocycles. The fraction of sp³-hybridized carbons (Fsp3) is 0.132. The highest BCUT2D eigenvalue weighted by atomic mass is 35.5. The number of fused-ring (bicyclic) bond motifs is 2. The quantitative estimate of drug-likeness (QED) is 0.0999. The number of halogens is 2. The number of benzene rings is 3. The van der Waals surface area contributed by atoms with E-state index in [0.29, 0.717) is 27.3 Å². The number of H-pyrrole nitrogens is 1. The number of hydrogen-bond acceptors (Lipinski definition) is 11. The molecule has 13 nitrogen and oxygen atoms in total. The molecule has 0 aliphatic carbocycles. The van der Waals surface area contributed by atoms with Crippen molar-refractivity contribution in [1.82, 2.24) is 29.5 Å². The summed E-state index contributed by atoms with van der Waals surface area (Å²) < 4.78 is 25.5. The summed E-state index contributed by atoms with van der Waals surface area (Å²) in [6.45, 7) is 1.77. The first kappa shape index (κ1) is 35.3. The van der Waals surface area contributed by atoms with E-state index in [4.69, 9.17) is 42.1 Å². The molecular formula is C38H28Cl2N6O7. The zero-order chi connectivity index (χ0) is 36.9. The molecule has 1 aliphatic heterocycles. The molecule has 4 atom stereocenters. The first-order valence-corrected chi connectivity index (χ1v) is 16.9. The van der Waals surface area contributed by atoms with Crippen LogP contribution in [0.15, 0.2) is 122 Å². The van der Waals surface area contributed by atoms with Gasteiger partial charge in [-0.2, -0.15) is 0 Å². The molecule has 0 bridgehead atoms. The Bertz CT molecular complexity index is 2410. The third-order valence-electron chi connectivity index (χ3n) is 8.28. The smallest absolute Gasteiger partial charge is 0.340 e. The Balaban J connectivity index is 0.000000373. The summed E-state index contributed by atoms with van der Waals surface area (Å²) in [6, 6.07) is 27.0. The van der Waals surface area contributed by atoms with Crippen molar-refractivity contribution >= 4 is 63.2 Å². The second-order valence-corrected chi connectivity index (χ2v) is 12.3. The van der Waals surface area contributed by atoms with Gasteiger partial charge in [-0.25, -0.2) is 34.3 Å². The van der Waals surface area contributed by atoms with Gasteiger partial charge in [0.1, 0.15) is 34.3 Å². The zero-order valence-corrected chi connectivity index (χ0v) is 29.2. The highest BCUT2D eigenvalue weighted by Crippen LogP contribution is 2.38. The van der Waals surface area contributed by atoms with Crippen LogP contribution in [0.4, 0.5) is 0 Å². The molecular weight excluding hydrogens is 723 g/mol. The maximum atomic E-state index is 13.3. The fourth-order valence-corrected chi connectivity index (χ4v) is 6.05. The van der Waals surface area contributed by atoms with Gasteiger partial charge < -0.3 is 28.5 Å². The number of esters is 3. The minimum absolute atomic E-state index is 0.203. The number of aromatic amines is 1. The Morgan fingerprint density at radius 1 is 0.679 bits per heavy atom. The third-order valence-corrected chi connectivity index (χ3v) is 8.88. The van der Waals surface area contributed by atoms with Crippen LogP contribution in [-0.2, 0) is 18.9 Å². The lowest BCUT2D eigenvalue weighted by atomic mass is 10.1. The van der Waals surface area contributed by atoms with Crippen LogP contribution in [0.3, 0.4) is 0 Å². The molecule has 15 heteroatoms. The Labute approximate surface area is 311 Å². The monoisotopic (exact) mass is 750 g/mol. The van der Waals surface area contributed by atoms with Crippen molar-refractivity contribution < 1.29 is 33.3 Å². The Hall–Kier alpha value is -6.15. The molecule has 0 spiro atoms. The number of rotatable bonds is 7. The molecule has 1 fully saturated rings. The number of carbonyl (C=O) groups is 3. The summed E-state index contributed by atoms with van der Waals surface area (Å²) in [5, 5.41) is 2.07. The van der Waals surface area contributed by atoms with Crippen molar-refractivity contribution in [3.63, 3.8) is 0 Å². The van der Waals surface area contributed by atoms with Crippen LogP contribution in [0.2, 0.25) is 10.3 Å². The zero-order valence-electron chi connectivity index (χ0n) is 27.7. The van der Waals surface area contributed by atoms with Gasteiger partial charge in [0.05, 0.1) is 27.5 Å². The van der Waals surface area contributed by atoms with Crippen molar-refractivity contribution in [3.8, 4) is 0 Å². The van der Waals surface area contributed by atoms with Gasteiger partial charge in [0.25, 0.3) is 0 Å². The second-order valence-electron chi connectivity index (χ2n) is 11.6. The van der Waals surface area contributed by atoms with E-state index in [9.17, 15) is 14.4 Å². The summed E-state index contributed by atoms with van der Waals surface area (Å²) in [7, 11) is 0. The molecule has 8 rings (SSSR count). The van der Waals surface area contributed by atoms with Gasteiger partial charge in [0.15, 0.2) is 12.3 Å². The van der Waals surface area contributed by atoms with Crippen LogP contribution in [0.5, 0.6) is 0 Å². The average Bonchev–Trinajstić information content (AvgIpc) is 3.92. The second kappa shape index (κ2) is 15.6. The molecule has 7 aromatic rings. The average molecular weight is 752 g/mol. The highest BCUT2D eigenvalue weighted by molar-refractivity contribution is 6.34. The lowest BCUT2D eigenvalue weighted by Gasteiger charge is -2.24. The number of ether oxygens (including phenoxy) is 4. The van der Waals surface area contributed by atoms with E-state index in [-0.39, 0.29) is 16.3 Å². The molecule has 53 heavy (non-hydrogen) atoms.